The minimum absolute atomic E-state index is 0.0398. The Kier molecular flexibility index (Phi) is 4.50. The van der Waals surface area contributed by atoms with Crippen LogP contribution in [0.3, 0.4) is 0 Å². The number of nitrogens with two attached hydrogens (primary N) is 1. The van der Waals surface area contributed by atoms with E-state index in [-0.39, 0.29) is 11.4 Å². The van der Waals surface area contributed by atoms with Crippen LogP contribution >= 0.6 is 0 Å². The van der Waals surface area contributed by atoms with E-state index in [0.717, 1.165) is 12.2 Å². The summed E-state index contributed by atoms with van der Waals surface area (Å²) < 4.78 is 11.0. The van der Waals surface area contributed by atoms with Gasteiger partial charge in [-0.2, -0.15) is 0 Å². The highest BCUT2D eigenvalue weighted by molar-refractivity contribution is 5.61. The molecule has 0 heterocycles. The molecule has 0 aliphatic heterocycles. The van der Waals surface area contributed by atoms with Crippen molar-refractivity contribution in [1.82, 2.24) is 0 Å². The predicted octanol–water partition coefficient (Wildman–Crippen LogP) is 2.82. The summed E-state index contributed by atoms with van der Waals surface area (Å²) >= 11 is 0. The van der Waals surface area contributed by atoms with Crippen molar-refractivity contribution in [3.05, 3.63) is 48.5 Å². The van der Waals surface area contributed by atoms with Crippen molar-refractivity contribution in [2.24, 2.45) is 0 Å². The third-order valence-corrected chi connectivity index (χ3v) is 2.60. The van der Waals surface area contributed by atoms with Gasteiger partial charge in [-0.3, -0.25) is 0 Å². The topological polar surface area (TPSA) is 64.7 Å². The third kappa shape index (κ3) is 3.81. The number of phenols is 1. The van der Waals surface area contributed by atoms with Crippen molar-refractivity contribution in [3.8, 4) is 17.2 Å². The van der Waals surface area contributed by atoms with Gasteiger partial charge < -0.3 is 20.3 Å². The fraction of sp³-hybridized carbons (Fsp3) is 0.200. The Morgan fingerprint density at radius 2 is 1.63 bits per heavy atom. The van der Waals surface area contributed by atoms with E-state index in [1.54, 1.807) is 12.1 Å². The SMILES string of the molecule is Nc1c(O)cccc1OCCCOc1ccccc1. The molecule has 4 nitrogen and oxygen atoms in total. The molecular formula is C15H17NO3. The lowest BCUT2D eigenvalue weighted by Gasteiger charge is -2.10. The molecule has 4 heteroatoms. The van der Waals surface area contributed by atoms with Gasteiger partial charge in [0.05, 0.1) is 13.2 Å². The Balaban J connectivity index is 1.71. The second-order valence-corrected chi connectivity index (χ2v) is 4.05. The van der Waals surface area contributed by atoms with Crippen LogP contribution in [0.15, 0.2) is 48.5 Å². The summed E-state index contributed by atoms with van der Waals surface area (Å²) in [5.74, 6) is 1.39. The maximum absolute atomic E-state index is 9.42. The van der Waals surface area contributed by atoms with E-state index in [9.17, 15) is 5.11 Å². The molecule has 0 saturated carbocycles. The molecule has 3 N–H and O–H groups in total. The molecule has 0 amide bonds. The minimum atomic E-state index is 0.0398. The number of rotatable bonds is 6. The van der Waals surface area contributed by atoms with Gasteiger partial charge in [-0.25, -0.2) is 0 Å². The van der Waals surface area contributed by atoms with Crippen LogP contribution < -0.4 is 15.2 Å². The number of anilines is 1. The molecule has 0 bridgehead atoms. The van der Waals surface area contributed by atoms with Crippen LogP contribution in [0.25, 0.3) is 0 Å². The molecule has 0 radical (unpaired) electrons. The monoisotopic (exact) mass is 259 g/mol. The van der Waals surface area contributed by atoms with Gasteiger partial charge in [-0.1, -0.05) is 24.3 Å². The van der Waals surface area contributed by atoms with Gasteiger partial charge in [0.25, 0.3) is 0 Å². The lowest BCUT2D eigenvalue weighted by atomic mass is 10.3. The number of ether oxygens (including phenoxy) is 2. The van der Waals surface area contributed by atoms with Gasteiger partial charge in [0, 0.05) is 6.42 Å². The minimum Gasteiger partial charge on any atom is -0.506 e. The molecule has 2 rings (SSSR count). The first-order chi connectivity index (χ1) is 9.27. The van der Waals surface area contributed by atoms with Gasteiger partial charge in [0.1, 0.15) is 22.9 Å². The first-order valence-corrected chi connectivity index (χ1v) is 6.15. The number of nitrogen functional groups attached to an aromatic ring is 1. The van der Waals surface area contributed by atoms with Gasteiger partial charge in [0.2, 0.25) is 0 Å². The van der Waals surface area contributed by atoms with Crippen LogP contribution in [-0.2, 0) is 0 Å². The summed E-state index contributed by atoms with van der Waals surface area (Å²) in [4.78, 5) is 0. The fourth-order valence-corrected chi connectivity index (χ4v) is 1.61. The lowest BCUT2D eigenvalue weighted by Crippen LogP contribution is -2.06. The lowest BCUT2D eigenvalue weighted by molar-refractivity contribution is 0.248. The summed E-state index contributed by atoms with van der Waals surface area (Å²) in [6, 6.07) is 14.6. The van der Waals surface area contributed by atoms with Crippen molar-refractivity contribution in [1.29, 1.82) is 0 Å². The van der Waals surface area contributed by atoms with Crippen molar-refractivity contribution < 1.29 is 14.6 Å². The highest BCUT2D eigenvalue weighted by Crippen LogP contribution is 2.29. The van der Waals surface area contributed by atoms with E-state index in [1.807, 2.05) is 30.3 Å². The number of hydrogen-bond donors (Lipinski definition) is 2. The molecule has 0 unspecified atom stereocenters. The second kappa shape index (κ2) is 6.54. The molecule has 0 atom stereocenters. The Bertz CT molecular complexity index is 514. The maximum Gasteiger partial charge on any atom is 0.145 e. The molecule has 2 aromatic carbocycles. The zero-order valence-corrected chi connectivity index (χ0v) is 10.6. The van der Waals surface area contributed by atoms with E-state index >= 15 is 0 Å². The average molecular weight is 259 g/mol. The standard InChI is InChI=1S/C15H17NO3/c16-15-13(17)8-4-9-14(15)19-11-5-10-18-12-6-2-1-3-7-12/h1-4,6-9,17H,5,10-11,16H2. The van der Waals surface area contributed by atoms with Crippen LogP contribution in [0.2, 0.25) is 0 Å². The van der Waals surface area contributed by atoms with Gasteiger partial charge in [-0.15, -0.1) is 0 Å². The number of benzene rings is 2. The largest absolute Gasteiger partial charge is 0.506 e. The number of hydrogen-bond acceptors (Lipinski definition) is 4. The van der Waals surface area contributed by atoms with Crippen molar-refractivity contribution in [3.63, 3.8) is 0 Å². The van der Waals surface area contributed by atoms with Crippen LogP contribution in [0.1, 0.15) is 6.42 Å². The second-order valence-electron chi connectivity index (χ2n) is 4.05. The van der Waals surface area contributed by atoms with E-state index in [2.05, 4.69) is 0 Å². The van der Waals surface area contributed by atoms with Crippen molar-refractivity contribution in [2.75, 3.05) is 18.9 Å². The zero-order valence-electron chi connectivity index (χ0n) is 10.6. The molecule has 0 aromatic heterocycles. The molecule has 100 valence electrons. The molecule has 19 heavy (non-hydrogen) atoms. The summed E-state index contributed by atoms with van der Waals surface area (Å²) in [6.07, 6.45) is 0.740. The van der Waals surface area contributed by atoms with E-state index in [4.69, 9.17) is 15.2 Å². The number of phenolic OH excluding ortho intramolecular Hbond substituents is 1. The first-order valence-electron chi connectivity index (χ1n) is 6.15. The Hall–Kier alpha value is -2.36. The molecule has 0 spiro atoms. The van der Waals surface area contributed by atoms with E-state index in [0.29, 0.717) is 19.0 Å². The Morgan fingerprint density at radius 1 is 0.895 bits per heavy atom. The first kappa shape index (κ1) is 13.1. The summed E-state index contributed by atoms with van der Waals surface area (Å²) in [5.41, 5.74) is 5.95. The molecule has 0 aliphatic carbocycles. The Morgan fingerprint density at radius 3 is 2.42 bits per heavy atom. The molecule has 2 aromatic rings. The van der Waals surface area contributed by atoms with E-state index in [1.165, 1.54) is 6.07 Å². The average Bonchev–Trinajstić information content (AvgIpc) is 2.44. The third-order valence-electron chi connectivity index (χ3n) is 2.60. The zero-order chi connectivity index (χ0) is 13.5. The van der Waals surface area contributed by atoms with Crippen molar-refractivity contribution in [2.45, 2.75) is 6.42 Å². The molecule has 0 saturated heterocycles. The Labute approximate surface area is 112 Å². The normalized spacial score (nSPS) is 10.1. The molecular weight excluding hydrogens is 242 g/mol. The van der Waals surface area contributed by atoms with Crippen LogP contribution in [0, 0.1) is 0 Å². The molecule has 0 fully saturated rings. The highest BCUT2D eigenvalue weighted by atomic mass is 16.5. The predicted molar refractivity (Wildman–Crippen MR) is 74.6 cm³/mol. The van der Waals surface area contributed by atoms with E-state index < -0.39 is 0 Å². The smallest absolute Gasteiger partial charge is 0.145 e. The van der Waals surface area contributed by atoms with Gasteiger partial charge in [-0.05, 0) is 24.3 Å². The van der Waals surface area contributed by atoms with Crippen LogP contribution in [0.4, 0.5) is 5.69 Å². The molecule has 0 aliphatic rings. The summed E-state index contributed by atoms with van der Waals surface area (Å²) in [6.45, 7) is 1.06. The summed E-state index contributed by atoms with van der Waals surface area (Å²) in [7, 11) is 0. The fourth-order valence-electron chi connectivity index (χ4n) is 1.61. The maximum atomic E-state index is 9.42. The van der Waals surface area contributed by atoms with Crippen LogP contribution in [-0.4, -0.2) is 18.3 Å². The number of para-hydroxylation sites is 2. The van der Waals surface area contributed by atoms with Crippen molar-refractivity contribution >= 4 is 5.69 Å². The van der Waals surface area contributed by atoms with Crippen LogP contribution in [0.5, 0.6) is 17.2 Å². The van der Waals surface area contributed by atoms with Gasteiger partial charge in [0.15, 0.2) is 0 Å². The highest BCUT2D eigenvalue weighted by Gasteiger charge is 2.04. The quantitative estimate of drug-likeness (QED) is 0.475. The summed E-state index contributed by atoms with van der Waals surface area (Å²) in [5, 5.41) is 9.42. The van der Waals surface area contributed by atoms with Gasteiger partial charge >= 0.3 is 0 Å². The number of aromatic hydroxyl groups is 1.